The predicted molar refractivity (Wildman–Crippen MR) is 89.7 cm³/mol. The van der Waals surface area contributed by atoms with Crippen molar-refractivity contribution in [1.29, 1.82) is 0 Å². The van der Waals surface area contributed by atoms with Crippen molar-refractivity contribution in [3.63, 3.8) is 0 Å². The summed E-state index contributed by atoms with van der Waals surface area (Å²) in [6.45, 7) is 15.9. The molecule has 5 nitrogen and oxygen atoms in total. The van der Waals surface area contributed by atoms with Crippen molar-refractivity contribution in [2.45, 2.75) is 54.3 Å². The quantitative estimate of drug-likeness (QED) is 0.798. The molecule has 2 heterocycles. The summed E-state index contributed by atoms with van der Waals surface area (Å²) >= 11 is 0. The number of ether oxygens (including phenoxy) is 3. The molecule has 0 bridgehead atoms. The largest absolute Gasteiger partial charge is 0.492 e. The highest BCUT2D eigenvalue weighted by molar-refractivity contribution is 5.38. The van der Waals surface area contributed by atoms with Crippen molar-refractivity contribution >= 4 is 0 Å². The van der Waals surface area contributed by atoms with Crippen molar-refractivity contribution in [3.8, 4) is 5.75 Å². The summed E-state index contributed by atoms with van der Waals surface area (Å²) in [5.41, 5.74) is 3.18. The maximum Gasteiger partial charge on any atom is 0.237 e. The van der Waals surface area contributed by atoms with E-state index in [1.807, 2.05) is 54.7 Å². The number of aryl methyl sites for hydroxylation is 1. The second-order valence-corrected chi connectivity index (χ2v) is 6.06. The van der Waals surface area contributed by atoms with Gasteiger partial charge in [-0.25, -0.2) is 0 Å². The van der Waals surface area contributed by atoms with Crippen LogP contribution in [0.2, 0.25) is 0 Å². The first-order chi connectivity index (χ1) is 10.8. The lowest BCUT2D eigenvalue weighted by Crippen LogP contribution is -2.44. The van der Waals surface area contributed by atoms with E-state index in [4.69, 9.17) is 19.0 Å². The first kappa shape index (κ1) is 19.7. The van der Waals surface area contributed by atoms with Gasteiger partial charge in [0.1, 0.15) is 12.9 Å². The lowest BCUT2D eigenvalue weighted by molar-refractivity contribution is -0.890. The summed E-state index contributed by atoms with van der Waals surface area (Å²) in [5.74, 6) is 0.702. The molecule has 2 rings (SSSR count). The first-order valence-corrected chi connectivity index (χ1v) is 8.31. The van der Waals surface area contributed by atoms with E-state index in [1.165, 1.54) is 0 Å². The normalized spacial score (nSPS) is 17.2. The Labute approximate surface area is 140 Å². The molecule has 1 fully saturated rings. The maximum atomic E-state index is 6.03. The van der Waals surface area contributed by atoms with Gasteiger partial charge in [-0.2, -0.15) is 0 Å². The summed E-state index contributed by atoms with van der Waals surface area (Å²) in [7, 11) is 1.66. The fourth-order valence-electron chi connectivity index (χ4n) is 2.39. The molecule has 23 heavy (non-hydrogen) atoms. The van der Waals surface area contributed by atoms with Crippen molar-refractivity contribution in [2.75, 3.05) is 26.9 Å². The van der Waals surface area contributed by atoms with Crippen LogP contribution in [0.3, 0.4) is 0 Å². The van der Waals surface area contributed by atoms with E-state index in [0.29, 0.717) is 19.8 Å². The molecule has 5 heteroatoms. The van der Waals surface area contributed by atoms with Crippen molar-refractivity contribution in [1.82, 2.24) is 0 Å². The van der Waals surface area contributed by atoms with Crippen LogP contribution in [0.4, 0.5) is 0 Å². The molecule has 0 aliphatic carbocycles. The topological polar surface area (TPSA) is 40.8 Å². The zero-order chi connectivity index (χ0) is 17.6. The van der Waals surface area contributed by atoms with E-state index in [1.54, 1.807) is 11.8 Å². The van der Waals surface area contributed by atoms with E-state index in [0.717, 1.165) is 22.6 Å². The molecule has 0 amide bonds. The molecule has 0 N–H and O–H groups in total. The van der Waals surface area contributed by atoms with E-state index < -0.39 is 5.79 Å². The first-order valence-electron chi connectivity index (χ1n) is 8.31. The van der Waals surface area contributed by atoms with Gasteiger partial charge in [-0.3, -0.25) is 4.84 Å². The van der Waals surface area contributed by atoms with E-state index in [-0.39, 0.29) is 5.92 Å². The lowest BCUT2D eigenvalue weighted by Gasteiger charge is -2.34. The van der Waals surface area contributed by atoms with Crippen LogP contribution in [0.1, 0.15) is 44.5 Å². The molecule has 132 valence electrons. The highest BCUT2D eigenvalue weighted by Gasteiger charge is 2.29. The van der Waals surface area contributed by atoms with Crippen molar-refractivity contribution < 1.29 is 23.8 Å². The summed E-state index contributed by atoms with van der Waals surface area (Å²) in [6, 6.07) is 0. The Balaban J connectivity index is 0.00000127. The highest BCUT2D eigenvalue weighted by Crippen LogP contribution is 2.25. The maximum absolute atomic E-state index is 6.03. The molecule has 0 unspecified atom stereocenters. The molecule has 0 atom stereocenters. The Morgan fingerprint density at radius 2 is 1.74 bits per heavy atom. The van der Waals surface area contributed by atoms with Gasteiger partial charge in [0.2, 0.25) is 11.9 Å². The smallest absolute Gasteiger partial charge is 0.237 e. The predicted octanol–water partition coefficient (Wildman–Crippen LogP) is 2.76. The third-order valence-corrected chi connectivity index (χ3v) is 3.88. The van der Waals surface area contributed by atoms with Gasteiger partial charge in [0, 0.05) is 17.6 Å². The van der Waals surface area contributed by atoms with Crippen LogP contribution in [0.25, 0.3) is 0 Å². The van der Waals surface area contributed by atoms with Crippen LogP contribution in [-0.2, 0) is 9.47 Å². The van der Waals surface area contributed by atoms with Gasteiger partial charge in [0.05, 0.1) is 30.9 Å². The monoisotopic (exact) mass is 326 g/mol. The van der Waals surface area contributed by atoms with Gasteiger partial charge < -0.3 is 14.2 Å². The number of rotatable bonds is 4. The number of pyridine rings is 1. The Morgan fingerprint density at radius 3 is 2.26 bits per heavy atom. The highest BCUT2D eigenvalue weighted by atomic mass is 16.7. The van der Waals surface area contributed by atoms with Gasteiger partial charge in [0.15, 0.2) is 5.79 Å². The van der Waals surface area contributed by atoms with Crippen LogP contribution < -0.4 is 14.3 Å². The third-order valence-electron chi connectivity index (χ3n) is 3.88. The minimum absolute atomic E-state index is 0.256. The van der Waals surface area contributed by atoms with Gasteiger partial charge in [-0.15, -0.1) is 0 Å². The standard InChI is InChI=1S/C16H26NO4.C2H6/c1-11-7-17(18-6)13(3)12(2)15(11)19-8-14-9-20-16(4,5)21-10-14;1-2/h7,14H,8-10H2,1-6H3;1-2H3/q+1;. The average Bonchev–Trinajstić information content (AvgIpc) is 2.54. The molecule has 1 saturated heterocycles. The van der Waals surface area contributed by atoms with Crippen LogP contribution in [0.15, 0.2) is 6.20 Å². The summed E-state index contributed by atoms with van der Waals surface area (Å²) in [4.78, 5) is 5.30. The second-order valence-electron chi connectivity index (χ2n) is 6.06. The van der Waals surface area contributed by atoms with Crippen LogP contribution >= 0.6 is 0 Å². The van der Waals surface area contributed by atoms with Crippen LogP contribution in [-0.4, -0.2) is 32.7 Å². The molecule has 1 aromatic heterocycles. The molecule has 0 saturated carbocycles. The Morgan fingerprint density at radius 1 is 1.17 bits per heavy atom. The summed E-state index contributed by atoms with van der Waals surface area (Å²) in [6.07, 6.45) is 1.94. The van der Waals surface area contributed by atoms with Crippen molar-refractivity contribution in [3.05, 3.63) is 23.0 Å². The van der Waals surface area contributed by atoms with Crippen molar-refractivity contribution in [2.24, 2.45) is 5.92 Å². The van der Waals surface area contributed by atoms with E-state index >= 15 is 0 Å². The molecular formula is C18H32NO4+. The zero-order valence-corrected chi connectivity index (χ0v) is 15.9. The lowest BCUT2D eigenvalue weighted by atomic mass is 10.1. The molecule has 0 spiro atoms. The van der Waals surface area contributed by atoms with Gasteiger partial charge in [-0.05, 0) is 27.7 Å². The minimum atomic E-state index is -0.477. The molecule has 1 aliphatic rings. The fraction of sp³-hybridized carbons (Fsp3) is 0.722. The fourth-order valence-corrected chi connectivity index (χ4v) is 2.39. The summed E-state index contributed by atoms with van der Waals surface area (Å²) < 4.78 is 19.1. The molecule has 0 radical (unpaired) electrons. The Kier molecular flexibility index (Phi) is 7.29. The summed E-state index contributed by atoms with van der Waals surface area (Å²) in [5, 5.41) is 0. The number of hydrogen-bond acceptors (Lipinski definition) is 4. The molecule has 0 aromatic carbocycles. The zero-order valence-electron chi connectivity index (χ0n) is 15.9. The van der Waals surface area contributed by atoms with E-state index in [2.05, 4.69) is 0 Å². The second kappa shape index (κ2) is 8.50. The van der Waals surface area contributed by atoms with E-state index in [9.17, 15) is 0 Å². The molecule has 1 aliphatic heterocycles. The number of nitrogens with zero attached hydrogens (tertiary/aromatic N) is 1. The number of hydrogen-bond donors (Lipinski definition) is 0. The minimum Gasteiger partial charge on any atom is -0.492 e. The van der Waals surface area contributed by atoms with Crippen LogP contribution in [0, 0.1) is 26.7 Å². The molecular weight excluding hydrogens is 294 g/mol. The Bertz CT molecular complexity index is 504. The van der Waals surface area contributed by atoms with Gasteiger partial charge >= 0.3 is 0 Å². The van der Waals surface area contributed by atoms with Gasteiger partial charge in [-0.1, -0.05) is 13.8 Å². The Hall–Kier alpha value is -1.33. The third kappa shape index (κ3) is 5.08. The van der Waals surface area contributed by atoms with Crippen LogP contribution in [0.5, 0.6) is 5.75 Å². The average molecular weight is 326 g/mol. The number of aromatic nitrogens is 1. The SMILES string of the molecule is CC.CO[n+]1cc(C)c(OCC2COC(C)(C)OC2)c(C)c1C. The molecule has 1 aromatic rings. The van der Waals surface area contributed by atoms with Gasteiger partial charge in [0.25, 0.3) is 0 Å².